The zero-order valence-corrected chi connectivity index (χ0v) is 7.67. The van der Waals surface area contributed by atoms with Gasteiger partial charge in [-0.3, -0.25) is 0 Å². The van der Waals surface area contributed by atoms with Gasteiger partial charge in [0.2, 0.25) is 0 Å². The van der Waals surface area contributed by atoms with Gasteiger partial charge >= 0.3 is 0 Å². The van der Waals surface area contributed by atoms with Gasteiger partial charge in [-0.2, -0.15) is 0 Å². The maximum Gasteiger partial charge on any atom is 0.0624 e. The van der Waals surface area contributed by atoms with Crippen LogP contribution in [0.2, 0.25) is 0 Å². The maximum atomic E-state index is 9.92. The monoisotopic (exact) mass is 154 g/mol. The van der Waals surface area contributed by atoms with Crippen LogP contribution in [0.4, 0.5) is 0 Å². The molecule has 0 saturated heterocycles. The minimum atomic E-state index is -0.0313. The summed E-state index contributed by atoms with van der Waals surface area (Å²) < 4.78 is 0. The minimum Gasteiger partial charge on any atom is -0.392 e. The molecule has 11 heavy (non-hydrogen) atoms. The van der Waals surface area contributed by atoms with Crippen molar-refractivity contribution in [1.82, 2.24) is 0 Å². The normalized spacial score (nSPS) is 53.5. The smallest absolute Gasteiger partial charge is 0.0624 e. The number of aliphatic hydroxyl groups is 1. The Kier molecular flexibility index (Phi) is 1.39. The number of hydrogen-bond acceptors (Lipinski definition) is 1. The third-order valence-corrected chi connectivity index (χ3v) is 4.16. The van der Waals surface area contributed by atoms with Crippen LogP contribution < -0.4 is 0 Å². The van der Waals surface area contributed by atoms with Crippen LogP contribution in [0.1, 0.15) is 33.6 Å². The fourth-order valence-corrected chi connectivity index (χ4v) is 3.12. The molecule has 2 aliphatic carbocycles. The van der Waals surface area contributed by atoms with Gasteiger partial charge in [-0.15, -0.1) is 0 Å². The van der Waals surface area contributed by atoms with Gasteiger partial charge in [0.15, 0.2) is 0 Å². The van der Waals surface area contributed by atoms with Crippen LogP contribution in [-0.4, -0.2) is 11.2 Å². The van der Waals surface area contributed by atoms with Crippen molar-refractivity contribution in [1.29, 1.82) is 0 Å². The molecule has 64 valence electrons. The molecule has 0 radical (unpaired) electrons. The maximum absolute atomic E-state index is 9.92. The van der Waals surface area contributed by atoms with Crippen molar-refractivity contribution in [3.05, 3.63) is 0 Å². The Morgan fingerprint density at radius 3 is 2.27 bits per heavy atom. The summed E-state index contributed by atoms with van der Waals surface area (Å²) in [4.78, 5) is 0. The topological polar surface area (TPSA) is 20.2 Å². The number of fused-ring (bicyclic) bond motifs is 2. The highest BCUT2D eigenvalue weighted by atomic mass is 16.3. The van der Waals surface area contributed by atoms with Gasteiger partial charge in [0.1, 0.15) is 0 Å². The molecule has 0 aromatic carbocycles. The Labute approximate surface area is 68.8 Å². The molecule has 2 aliphatic rings. The van der Waals surface area contributed by atoms with E-state index in [9.17, 15) is 5.11 Å². The highest BCUT2D eigenvalue weighted by Gasteiger charge is 2.54. The molecule has 2 rings (SSSR count). The predicted molar refractivity (Wildman–Crippen MR) is 45.2 cm³/mol. The zero-order chi connectivity index (χ0) is 8.22. The molecule has 2 saturated carbocycles. The van der Waals surface area contributed by atoms with E-state index in [0.717, 1.165) is 11.8 Å². The van der Waals surface area contributed by atoms with Gasteiger partial charge in [0.05, 0.1) is 6.10 Å². The van der Waals surface area contributed by atoms with Gasteiger partial charge < -0.3 is 5.11 Å². The summed E-state index contributed by atoms with van der Waals surface area (Å²) in [7, 11) is 0. The van der Waals surface area contributed by atoms with Crippen LogP contribution in [0.5, 0.6) is 0 Å². The van der Waals surface area contributed by atoms with E-state index in [2.05, 4.69) is 20.8 Å². The number of rotatable bonds is 0. The molecule has 2 bridgehead atoms. The Morgan fingerprint density at radius 1 is 1.27 bits per heavy atom. The fraction of sp³-hybridized carbons (Fsp3) is 1.00. The van der Waals surface area contributed by atoms with Crippen LogP contribution >= 0.6 is 0 Å². The largest absolute Gasteiger partial charge is 0.392 e. The summed E-state index contributed by atoms with van der Waals surface area (Å²) in [6, 6.07) is 0. The average Bonchev–Trinajstić information content (AvgIpc) is 2.36. The first-order valence-electron chi connectivity index (χ1n) is 4.71. The highest BCUT2D eigenvalue weighted by Crippen LogP contribution is 2.57. The molecule has 0 aromatic heterocycles. The summed E-state index contributed by atoms with van der Waals surface area (Å²) in [5, 5.41) is 9.92. The van der Waals surface area contributed by atoms with E-state index in [-0.39, 0.29) is 11.5 Å². The third kappa shape index (κ3) is 0.807. The van der Waals surface area contributed by atoms with Crippen molar-refractivity contribution < 1.29 is 5.11 Å². The minimum absolute atomic E-state index is 0.0313. The average molecular weight is 154 g/mol. The Balaban J connectivity index is 2.25. The van der Waals surface area contributed by atoms with Crippen molar-refractivity contribution in [2.24, 2.45) is 23.2 Å². The molecule has 1 heteroatoms. The first kappa shape index (κ1) is 7.60. The predicted octanol–water partition coefficient (Wildman–Crippen LogP) is 2.05. The van der Waals surface area contributed by atoms with E-state index in [4.69, 9.17) is 0 Å². The molecule has 0 spiro atoms. The molecule has 4 atom stereocenters. The molecule has 2 fully saturated rings. The number of aliphatic hydroxyl groups excluding tert-OH is 1. The van der Waals surface area contributed by atoms with Gasteiger partial charge in [-0.25, -0.2) is 0 Å². The van der Waals surface area contributed by atoms with E-state index < -0.39 is 0 Å². The van der Waals surface area contributed by atoms with E-state index in [1.807, 2.05) is 0 Å². The lowest BCUT2D eigenvalue weighted by molar-refractivity contribution is -0.0150. The molecule has 1 N–H and O–H groups in total. The van der Waals surface area contributed by atoms with Crippen LogP contribution in [0, 0.1) is 23.2 Å². The highest BCUT2D eigenvalue weighted by molar-refractivity contribution is 5.04. The first-order valence-corrected chi connectivity index (χ1v) is 4.71. The fourth-order valence-electron chi connectivity index (χ4n) is 3.12. The lowest BCUT2D eigenvalue weighted by Gasteiger charge is -2.37. The zero-order valence-electron chi connectivity index (χ0n) is 7.67. The Hall–Kier alpha value is -0.0400. The van der Waals surface area contributed by atoms with Crippen LogP contribution in [0.25, 0.3) is 0 Å². The van der Waals surface area contributed by atoms with Crippen molar-refractivity contribution in [2.75, 3.05) is 0 Å². The van der Waals surface area contributed by atoms with Crippen LogP contribution in [-0.2, 0) is 0 Å². The number of hydrogen-bond donors (Lipinski definition) is 1. The lowest BCUT2D eigenvalue weighted by atomic mass is 9.71. The van der Waals surface area contributed by atoms with Crippen molar-refractivity contribution in [3.63, 3.8) is 0 Å². The molecule has 0 heterocycles. The second kappa shape index (κ2) is 2.01. The van der Waals surface area contributed by atoms with E-state index in [0.29, 0.717) is 5.92 Å². The standard InChI is InChI=1S/C10H18O/c1-6-4-7-5-8(6)9(11)10(7,2)3/h6-9,11H,4-5H2,1-3H3/t6-,7-,8-,9+/m0/s1. The second-order valence-corrected chi connectivity index (χ2v) is 5.08. The quantitative estimate of drug-likeness (QED) is 0.566. The van der Waals surface area contributed by atoms with Crippen molar-refractivity contribution >= 4 is 0 Å². The molecule has 0 aromatic rings. The van der Waals surface area contributed by atoms with E-state index in [1.54, 1.807) is 0 Å². The van der Waals surface area contributed by atoms with Gasteiger partial charge in [-0.1, -0.05) is 20.8 Å². The molecule has 0 aliphatic heterocycles. The SMILES string of the molecule is C[C@H]1C[C@H]2C[C@@H]1[C@@H](O)C2(C)C. The van der Waals surface area contributed by atoms with Crippen LogP contribution in [0.15, 0.2) is 0 Å². The summed E-state index contributed by atoms with van der Waals surface area (Å²) in [6.07, 6.45) is 2.58. The summed E-state index contributed by atoms with van der Waals surface area (Å²) >= 11 is 0. The van der Waals surface area contributed by atoms with Crippen LogP contribution in [0.3, 0.4) is 0 Å². The van der Waals surface area contributed by atoms with Gasteiger partial charge in [0.25, 0.3) is 0 Å². The first-order chi connectivity index (χ1) is 5.03. The summed E-state index contributed by atoms with van der Waals surface area (Å²) in [5.74, 6) is 2.16. The molecule has 0 unspecified atom stereocenters. The lowest BCUT2D eigenvalue weighted by Crippen LogP contribution is -2.38. The van der Waals surface area contributed by atoms with Crippen molar-refractivity contribution in [2.45, 2.75) is 39.7 Å². The Bertz CT molecular complexity index is 170. The molecule has 0 amide bonds. The summed E-state index contributed by atoms with van der Waals surface area (Å²) in [6.45, 7) is 6.71. The van der Waals surface area contributed by atoms with Crippen molar-refractivity contribution in [3.8, 4) is 0 Å². The Morgan fingerprint density at radius 2 is 1.91 bits per heavy atom. The molecular formula is C10H18O. The third-order valence-electron chi connectivity index (χ3n) is 4.16. The van der Waals surface area contributed by atoms with E-state index >= 15 is 0 Å². The summed E-state index contributed by atoms with van der Waals surface area (Å²) in [5.41, 5.74) is 0.206. The second-order valence-electron chi connectivity index (χ2n) is 5.08. The molecular weight excluding hydrogens is 136 g/mol. The van der Waals surface area contributed by atoms with Gasteiger partial charge in [-0.05, 0) is 36.0 Å². The van der Waals surface area contributed by atoms with E-state index in [1.165, 1.54) is 12.8 Å². The molecule has 1 nitrogen and oxygen atoms in total. The van der Waals surface area contributed by atoms with Gasteiger partial charge in [0, 0.05) is 0 Å².